The van der Waals surface area contributed by atoms with Crippen LogP contribution in [0, 0.1) is 13.8 Å². The summed E-state index contributed by atoms with van der Waals surface area (Å²) in [7, 11) is 1.31. The van der Waals surface area contributed by atoms with E-state index in [1.165, 1.54) is 18.9 Å². The predicted octanol–water partition coefficient (Wildman–Crippen LogP) is 3.34. The molecule has 0 saturated heterocycles. The number of methoxy groups -OCH3 is 1. The number of aryl methyl sites for hydroxylation is 2. The smallest absolute Gasteiger partial charge is 0.339 e. The number of ether oxygens (including phenoxy) is 1. The maximum Gasteiger partial charge on any atom is 0.339 e. The molecule has 1 aromatic carbocycles. The summed E-state index contributed by atoms with van der Waals surface area (Å²) in [5, 5.41) is 3.51. The minimum absolute atomic E-state index is 0.175. The fraction of sp³-hybridized carbons (Fsp3) is 0.350. The number of esters is 1. The lowest BCUT2D eigenvalue weighted by Crippen LogP contribution is -2.45. The number of nitrogens with one attached hydrogen (secondary N) is 1. The third-order valence-corrected chi connectivity index (χ3v) is 4.81. The first-order chi connectivity index (χ1) is 12.4. The standard InChI is InChI=1S/C20H23N3O3/c1-5-15-11-23(18-9-13(3)12(2)8-17(18)22-15)19(24)16-7-6-14(10-21-16)20(25)26-4/h6-10,15,22H,5,11H2,1-4H3. The van der Waals surface area contributed by atoms with E-state index in [0.29, 0.717) is 17.8 Å². The van der Waals surface area contributed by atoms with E-state index in [-0.39, 0.29) is 11.9 Å². The van der Waals surface area contributed by atoms with Gasteiger partial charge in [0.25, 0.3) is 5.91 Å². The van der Waals surface area contributed by atoms with Crippen LogP contribution in [0.2, 0.25) is 0 Å². The Labute approximate surface area is 153 Å². The molecule has 0 spiro atoms. The zero-order chi connectivity index (χ0) is 18.8. The molecule has 1 N–H and O–H groups in total. The Bertz CT molecular complexity index is 846. The van der Waals surface area contributed by atoms with Gasteiger partial charge in [-0.2, -0.15) is 0 Å². The maximum absolute atomic E-state index is 13.1. The zero-order valence-electron chi connectivity index (χ0n) is 15.5. The van der Waals surface area contributed by atoms with E-state index in [0.717, 1.165) is 23.4 Å². The van der Waals surface area contributed by atoms with Crippen molar-refractivity contribution >= 4 is 23.3 Å². The minimum Gasteiger partial charge on any atom is -0.465 e. The van der Waals surface area contributed by atoms with Crippen LogP contribution >= 0.6 is 0 Å². The Kier molecular flexibility index (Phi) is 4.93. The van der Waals surface area contributed by atoms with Crippen LogP contribution in [0.1, 0.15) is 45.3 Å². The Hall–Kier alpha value is -2.89. The fourth-order valence-electron chi connectivity index (χ4n) is 3.04. The first kappa shape index (κ1) is 17.9. The largest absolute Gasteiger partial charge is 0.465 e. The molecule has 136 valence electrons. The molecule has 3 rings (SSSR count). The van der Waals surface area contributed by atoms with Gasteiger partial charge in [-0.3, -0.25) is 9.78 Å². The number of nitrogens with zero attached hydrogens (tertiary/aromatic N) is 2. The number of fused-ring (bicyclic) bond motifs is 1. The molecule has 1 amide bonds. The molecule has 6 nitrogen and oxygen atoms in total. The summed E-state index contributed by atoms with van der Waals surface area (Å²) in [5.41, 5.74) is 4.77. The third-order valence-electron chi connectivity index (χ3n) is 4.81. The Balaban J connectivity index is 1.96. The Morgan fingerprint density at radius 3 is 2.62 bits per heavy atom. The van der Waals surface area contributed by atoms with E-state index in [1.807, 2.05) is 13.0 Å². The van der Waals surface area contributed by atoms with Crippen LogP contribution in [-0.4, -0.2) is 36.6 Å². The van der Waals surface area contributed by atoms with Crippen molar-refractivity contribution in [2.75, 3.05) is 23.9 Å². The SMILES string of the molecule is CCC1CN(C(=O)c2ccc(C(=O)OC)cn2)c2cc(C)c(C)cc2N1. The Morgan fingerprint density at radius 2 is 2.00 bits per heavy atom. The van der Waals surface area contributed by atoms with Crippen LogP contribution in [0.15, 0.2) is 30.5 Å². The number of aromatic nitrogens is 1. The second kappa shape index (κ2) is 7.15. The van der Waals surface area contributed by atoms with E-state index in [9.17, 15) is 9.59 Å². The minimum atomic E-state index is -0.471. The van der Waals surface area contributed by atoms with Gasteiger partial charge < -0.3 is 15.0 Å². The van der Waals surface area contributed by atoms with Gasteiger partial charge in [0.15, 0.2) is 0 Å². The molecular formula is C20H23N3O3. The van der Waals surface area contributed by atoms with Crippen molar-refractivity contribution in [1.82, 2.24) is 4.98 Å². The lowest BCUT2D eigenvalue weighted by molar-refractivity contribution is 0.0600. The van der Waals surface area contributed by atoms with E-state index in [2.05, 4.69) is 35.0 Å². The first-order valence-electron chi connectivity index (χ1n) is 8.68. The molecule has 0 bridgehead atoms. The second-order valence-corrected chi connectivity index (χ2v) is 6.54. The number of amides is 1. The van der Waals surface area contributed by atoms with Gasteiger partial charge in [0.2, 0.25) is 0 Å². The van der Waals surface area contributed by atoms with Crippen LogP contribution in [0.3, 0.4) is 0 Å². The van der Waals surface area contributed by atoms with Crippen molar-refractivity contribution in [3.8, 4) is 0 Å². The summed E-state index contributed by atoms with van der Waals surface area (Å²) in [6, 6.07) is 7.43. The monoisotopic (exact) mass is 353 g/mol. The van der Waals surface area contributed by atoms with Crippen molar-refractivity contribution < 1.29 is 14.3 Å². The molecule has 0 aliphatic carbocycles. The van der Waals surface area contributed by atoms with Crippen LogP contribution in [0.5, 0.6) is 0 Å². The van der Waals surface area contributed by atoms with Crippen molar-refractivity contribution in [3.05, 3.63) is 52.8 Å². The summed E-state index contributed by atoms with van der Waals surface area (Å²) < 4.78 is 4.67. The van der Waals surface area contributed by atoms with E-state index in [4.69, 9.17) is 0 Å². The van der Waals surface area contributed by atoms with Crippen LogP contribution in [-0.2, 0) is 4.74 Å². The molecular weight excluding hydrogens is 330 g/mol. The van der Waals surface area contributed by atoms with Gasteiger partial charge in [-0.05, 0) is 55.7 Å². The van der Waals surface area contributed by atoms with Gasteiger partial charge in [-0.15, -0.1) is 0 Å². The number of pyridine rings is 1. The molecule has 1 aliphatic heterocycles. The molecule has 2 aromatic rings. The van der Waals surface area contributed by atoms with E-state index >= 15 is 0 Å². The van der Waals surface area contributed by atoms with Crippen molar-refractivity contribution in [2.24, 2.45) is 0 Å². The summed E-state index contributed by atoms with van der Waals surface area (Å²) in [6.07, 6.45) is 2.28. The molecule has 1 aliphatic rings. The summed E-state index contributed by atoms with van der Waals surface area (Å²) >= 11 is 0. The third kappa shape index (κ3) is 3.27. The molecule has 1 atom stereocenters. The first-order valence-corrected chi connectivity index (χ1v) is 8.68. The summed E-state index contributed by atoms with van der Waals surface area (Å²) in [6.45, 7) is 6.76. The normalized spacial score (nSPS) is 15.8. The molecule has 0 radical (unpaired) electrons. The van der Waals surface area contributed by atoms with Gasteiger partial charge in [0.1, 0.15) is 5.69 Å². The molecule has 1 unspecified atom stereocenters. The lowest BCUT2D eigenvalue weighted by atomic mass is 10.0. The number of hydrogen-bond acceptors (Lipinski definition) is 5. The second-order valence-electron chi connectivity index (χ2n) is 6.54. The average Bonchev–Trinajstić information content (AvgIpc) is 2.67. The predicted molar refractivity (Wildman–Crippen MR) is 101 cm³/mol. The molecule has 6 heteroatoms. The summed E-state index contributed by atoms with van der Waals surface area (Å²) in [4.78, 5) is 30.6. The maximum atomic E-state index is 13.1. The number of rotatable bonds is 3. The number of carbonyl (C=O) groups excluding carboxylic acids is 2. The van der Waals surface area contributed by atoms with Crippen LogP contribution in [0.25, 0.3) is 0 Å². The topological polar surface area (TPSA) is 71.5 Å². The van der Waals surface area contributed by atoms with E-state index in [1.54, 1.807) is 17.0 Å². The van der Waals surface area contributed by atoms with Gasteiger partial charge in [-0.1, -0.05) is 6.92 Å². The van der Waals surface area contributed by atoms with Gasteiger partial charge in [0.05, 0.1) is 24.0 Å². The van der Waals surface area contributed by atoms with Gasteiger partial charge in [0, 0.05) is 18.8 Å². The average molecular weight is 353 g/mol. The molecule has 2 heterocycles. The van der Waals surface area contributed by atoms with E-state index < -0.39 is 5.97 Å². The zero-order valence-corrected chi connectivity index (χ0v) is 15.5. The van der Waals surface area contributed by atoms with Crippen molar-refractivity contribution in [3.63, 3.8) is 0 Å². The number of anilines is 2. The number of hydrogen-bond donors (Lipinski definition) is 1. The highest BCUT2D eigenvalue weighted by atomic mass is 16.5. The van der Waals surface area contributed by atoms with Crippen LogP contribution < -0.4 is 10.2 Å². The number of carbonyl (C=O) groups is 2. The fourth-order valence-corrected chi connectivity index (χ4v) is 3.04. The van der Waals surface area contributed by atoms with Crippen molar-refractivity contribution in [2.45, 2.75) is 33.2 Å². The highest BCUT2D eigenvalue weighted by molar-refractivity contribution is 6.07. The van der Waals surface area contributed by atoms with Gasteiger partial charge in [-0.25, -0.2) is 4.79 Å². The highest BCUT2D eigenvalue weighted by Crippen LogP contribution is 2.34. The Morgan fingerprint density at radius 1 is 1.27 bits per heavy atom. The highest BCUT2D eigenvalue weighted by Gasteiger charge is 2.29. The molecule has 26 heavy (non-hydrogen) atoms. The summed E-state index contributed by atoms with van der Waals surface area (Å²) in [5.74, 6) is -0.646. The van der Waals surface area contributed by atoms with Crippen LogP contribution in [0.4, 0.5) is 11.4 Å². The van der Waals surface area contributed by atoms with Crippen molar-refractivity contribution in [1.29, 1.82) is 0 Å². The molecule has 0 fully saturated rings. The lowest BCUT2D eigenvalue weighted by Gasteiger charge is -2.36. The number of benzene rings is 1. The molecule has 0 saturated carbocycles. The quantitative estimate of drug-likeness (QED) is 0.857. The van der Waals surface area contributed by atoms with Gasteiger partial charge >= 0.3 is 5.97 Å². The molecule has 1 aromatic heterocycles.